The van der Waals surface area contributed by atoms with Crippen LogP contribution in [0, 0.1) is 5.92 Å². The highest BCUT2D eigenvalue weighted by Crippen LogP contribution is 2.31. The minimum absolute atomic E-state index is 0.183. The molecule has 4 rings (SSSR count). The molecule has 4 aliphatic rings. The second-order valence-electron chi connectivity index (χ2n) is 8.38. The Morgan fingerprint density at radius 1 is 1.19 bits per heavy atom. The van der Waals surface area contributed by atoms with Crippen molar-refractivity contribution >= 4 is 29.2 Å². The third-order valence-electron chi connectivity index (χ3n) is 5.86. The minimum Gasteiger partial charge on any atom is -0.381 e. The Kier molecular flexibility index (Phi) is 7.36. The summed E-state index contributed by atoms with van der Waals surface area (Å²) < 4.78 is 57.7. The van der Waals surface area contributed by atoms with Crippen LogP contribution >= 0.6 is 11.8 Å². The number of aliphatic imine (C=N–C) groups is 2. The summed E-state index contributed by atoms with van der Waals surface area (Å²) in [5.41, 5.74) is 0.697. The molecule has 11 heteroatoms. The van der Waals surface area contributed by atoms with Gasteiger partial charge in [-0.3, -0.25) is 14.7 Å². The van der Waals surface area contributed by atoms with Crippen molar-refractivity contribution in [2.24, 2.45) is 15.9 Å². The number of rotatable bonds is 5. The second-order valence-corrected chi connectivity index (χ2v) is 9.67. The summed E-state index contributed by atoms with van der Waals surface area (Å²) in [7, 11) is 0. The number of thioether (sulfide) groups is 1. The van der Waals surface area contributed by atoms with E-state index in [2.05, 4.69) is 15.3 Å². The van der Waals surface area contributed by atoms with E-state index < -0.39 is 30.4 Å². The Morgan fingerprint density at radius 2 is 1.91 bits per heavy atom. The molecule has 0 saturated carbocycles. The molecular formula is C21H26F4N4O2S. The van der Waals surface area contributed by atoms with E-state index in [1.54, 1.807) is 17.8 Å². The average Bonchev–Trinajstić information content (AvgIpc) is 2.73. The van der Waals surface area contributed by atoms with Crippen molar-refractivity contribution in [2.45, 2.75) is 43.2 Å². The summed E-state index contributed by atoms with van der Waals surface area (Å²) in [4.78, 5) is 22.8. The van der Waals surface area contributed by atoms with Gasteiger partial charge in [0, 0.05) is 31.6 Å². The molecule has 0 radical (unpaired) electrons. The number of hydrogen-bond donors (Lipinski definition) is 1. The number of amidine groups is 1. The van der Waals surface area contributed by atoms with Gasteiger partial charge in [-0.2, -0.15) is 24.9 Å². The van der Waals surface area contributed by atoms with Gasteiger partial charge in [0.1, 0.15) is 17.6 Å². The molecule has 2 fully saturated rings. The molecule has 1 unspecified atom stereocenters. The highest BCUT2D eigenvalue weighted by molar-refractivity contribution is 8.00. The van der Waals surface area contributed by atoms with Crippen LogP contribution in [0.4, 0.5) is 17.6 Å². The van der Waals surface area contributed by atoms with Crippen LogP contribution in [0.15, 0.2) is 33.7 Å². The lowest BCUT2D eigenvalue weighted by Gasteiger charge is -2.31. The van der Waals surface area contributed by atoms with Crippen LogP contribution in [-0.4, -0.2) is 78.4 Å². The van der Waals surface area contributed by atoms with E-state index in [4.69, 9.17) is 4.74 Å². The van der Waals surface area contributed by atoms with Crippen molar-refractivity contribution in [1.29, 1.82) is 0 Å². The summed E-state index contributed by atoms with van der Waals surface area (Å²) in [6, 6.07) is -0.183. The molecule has 0 spiro atoms. The Hall–Kier alpha value is -1.72. The Morgan fingerprint density at radius 3 is 2.59 bits per heavy atom. The molecule has 2 saturated heterocycles. The maximum atomic E-state index is 14.7. The van der Waals surface area contributed by atoms with Crippen molar-refractivity contribution in [3.8, 4) is 0 Å². The molecular weight excluding hydrogens is 448 g/mol. The number of fused-ring (bicyclic) bond motifs is 1. The van der Waals surface area contributed by atoms with Gasteiger partial charge in [-0.25, -0.2) is 9.38 Å². The van der Waals surface area contributed by atoms with Crippen LogP contribution in [0.2, 0.25) is 0 Å². The zero-order valence-electron chi connectivity index (χ0n) is 17.5. The van der Waals surface area contributed by atoms with Gasteiger partial charge in [-0.1, -0.05) is 0 Å². The number of carbonyl (C=O) groups is 1. The lowest BCUT2D eigenvalue weighted by atomic mass is 9.94. The van der Waals surface area contributed by atoms with Gasteiger partial charge < -0.3 is 10.1 Å². The molecule has 3 heterocycles. The van der Waals surface area contributed by atoms with Gasteiger partial charge in [0.05, 0.1) is 29.7 Å². The Balaban J connectivity index is 1.40. The fourth-order valence-electron chi connectivity index (χ4n) is 4.25. The number of piperidine rings is 1. The average molecular weight is 475 g/mol. The van der Waals surface area contributed by atoms with E-state index in [0.717, 1.165) is 26.1 Å². The molecule has 0 aromatic heterocycles. The lowest BCUT2D eigenvalue weighted by molar-refractivity contribution is -0.147. The third kappa shape index (κ3) is 6.20. The summed E-state index contributed by atoms with van der Waals surface area (Å²) >= 11 is 1.70. The van der Waals surface area contributed by atoms with E-state index in [1.165, 1.54) is 11.0 Å². The zero-order valence-corrected chi connectivity index (χ0v) is 18.4. The van der Waals surface area contributed by atoms with Gasteiger partial charge in [-0.15, -0.1) is 0 Å². The molecule has 1 aliphatic carbocycles. The van der Waals surface area contributed by atoms with Gasteiger partial charge in [0.2, 0.25) is 5.91 Å². The van der Waals surface area contributed by atoms with E-state index in [1.807, 2.05) is 0 Å². The van der Waals surface area contributed by atoms with Gasteiger partial charge in [-0.05, 0) is 37.8 Å². The number of allylic oxidation sites excluding steroid dienone is 2. The number of hydrogen-bond acceptors (Lipinski definition) is 6. The largest absolute Gasteiger partial charge is 0.401 e. The van der Waals surface area contributed by atoms with Crippen LogP contribution < -0.4 is 5.32 Å². The van der Waals surface area contributed by atoms with Crippen LogP contribution in [0.25, 0.3) is 0 Å². The fourth-order valence-corrected chi connectivity index (χ4v) is 5.31. The summed E-state index contributed by atoms with van der Waals surface area (Å²) in [6.07, 6.45) is 1.48. The monoisotopic (exact) mass is 474 g/mol. The molecule has 1 atom stereocenters. The number of nitrogens with one attached hydrogen (secondary N) is 1. The molecule has 0 aromatic rings. The van der Waals surface area contributed by atoms with Gasteiger partial charge in [0.25, 0.3) is 0 Å². The smallest absolute Gasteiger partial charge is 0.381 e. The van der Waals surface area contributed by atoms with Crippen molar-refractivity contribution in [1.82, 2.24) is 10.2 Å². The fraction of sp³-hybridized carbons (Fsp3) is 0.667. The van der Waals surface area contributed by atoms with E-state index >= 15 is 0 Å². The Bertz CT molecular complexity index is 841. The quantitative estimate of drug-likeness (QED) is 0.622. The van der Waals surface area contributed by atoms with E-state index in [-0.39, 0.29) is 6.04 Å². The molecule has 3 aliphatic heterocycles. The van der Waals surface area contributed by atoms with Crippen LogP contribution in [0.5, 0.6) is 0 Å². The van der Waals surface area contributed by atoms with Crippen molar-refractivity contribution < 1.29 is 27.1 Å². The SMILES string of the molecule is O=C1NC(CSC2CCOCC2)=NC2=CC(=NC3CCN(CC(F)(F)F)CC3)C=C(F)C12. The summed E-state index contributed by atoms with van der Waals surface area (Å²) in [5.74, 6) is -1.10. The van der Waals surface area contributed by atoms with Crippen LogP contribution in [0.1, 0.15) is 25.7 Å². The summed E-state index contributed by atoms with van der Waals surface area (Å²) in [5, 5.41) is 3.15. The first kappa shape index (κ1) is 23.4. The zero-order chi connectivity index (χ0) is 22.7. The predicted molar refractivity (Wildman–Crippen MR) is 116 cm³/mol. The van der Waals surface area contributed by atoms with E-state index in [9.17, 15) is 22.4 Å². The van der Waals surface area contributed by atoms with Crippen LogP contribution in [0.3, 0.4) is 0 Å². The third-order valence-corrected chi connectivity index (χ3v) is 7.25. The normalized spacial score (nSPS) is 27.5. The first-order valence-electron chi connectivity index (χ1n) is 10.8. The first-order chi connectivity index (χ1) is 15.3. The number of amides is 1. The highest BCUT2D eigenvalue weighted by Gasteiger charge is 2.36. The molecule has 176 valence electrons. The number of halogens is 4. The van der Waals surface area contributed by atoms with Crippen molar-refractivity contribution in [3.63, 3.8) is 0 Å². The van der Waals surface area contributed by atoms with Crippen molar-refractivity contribution in [3.05, 3.63) is 23.7 Å². The molecule has 6 nitrogen and oxygen atoms in total. The number of alkyl halides is 3. The van der Waals surface area contributed by atoms with Gasteiger partial charge >= 0.3 is 6.18 Å². The predicted octanol–water partition coefficient (Wildman–Crippen LogP) is 3.26. The van der Waals surface area contributed by atoms with Crippen molar-refractivity contribution in [2.75, 3.05) is 38.6 Å². The summed E-state index contributed by atoms with van der Waals surface area (Å²) in [6.45, 7) is 1.12. The lowest BCUT2D eigenvalue weighted by Crippen LogP contribution is -2.43. The van der Waals surface area contributed by atoms with E-state index in [0.29, 0.717) is 54.2 Å². The number of ether oxygens (including phenoxy) is 1. The van der Waals surface area contributed by atoms with Crippen LogP contribution in [-0.2, 0) is 9.53 Å². The maximum Gasteiger partial charge on any atom is 0.401 e. The molecule has 32 heavy (non-hydrogen) atoms. The highest BCUT2D eigenvalue weighted by atomic mass is 32.2. The molecule has 0 bridgehead atoms. The second kappa shape index (κ2) is 10.0. The topological polar surface area (TPSA) is 66.3 Å². The maximum absolute atomic E-state index is 14.7. The molecule has 1 N–H and O–H groups in total. The molecule has 0 aromatic carbocycles. The number of nitrogens with zero attached hydrogens (tertiary/aromatic N) is 3. The minimum atomic E-state index is -4.21. The number of carbonyl (C=O) groups excluding carboxylic acids is 1. The Labute approximate surface area is 188 Å². The number of likely N-dealkylation sites (tertiary alicyclic amines) is 1. The standard InChI is InChI=1S/C21H26F4N4O2S/c22-16-9-14(26-13-1-5-29(6-2-13)12-21(23,24)25)10-17-19(16)20(30)28-18(27-17)11-32-15-3-7-31-8-4-15/h9-10,13,15,19H,1-8,11-12H2,(H,27,28,30). The first-order valence-corrected chi connectivity index (χ1v) is 11.8. The van der Waals surface area contributed by atoms with Gasteiger partial charge in [0.15, 0.2) is 0 Å². The molecule has 1 amide bonds.